The molecule has 7 nitrogen and oxygen atoms in total. The maximum atomic E-state index is 13.8. The van der Waals surface area contributed by atoms with Gasteiger partial charge in [0.1, 0.15) is 5.75 Å². The molecule has 2 aromatic heterocycles. The quantitative estimate of drug-likeness (QED) is 0.209. The van der Waals surface area contributed by atoms with Gasteiger partial charge >= 0.3 is 0 Å². The number of aromatic nitrogens is 3. The molecular formula is C34H37N5O2. The Morgan fingerprint density at radius 2 is 1.68 bits per heavy atom. The van der Waals surface area contributed by atoms with Crippen LogP contribution < -0.4 is 15.2 Å². The average Bonchev–Trinajstić information content (AvgIpc) is 3.24. The third-order valence-corrected chi connectivity index (χ3v) is 7.60. The Kier molecular flexibility index (Phi) is 7.54. The molecular weight excluding hydrogens is 510 g/mol. The summed E-state index contributed by atoms with van der Waals surface area (Å²) in [4.78, 5) is 20.9. The normalized spacial score (nSPS) is 11.6. The van der Waals surface area contributed by atoms with Crippen molar-refractivity contribution >= 4 is 22.8 Å². The van der Waals surface area contributed by atoms with E-state index in [2.05, 4.69) is 73.6 Å². The Morgan fingerprint density at radius 1 is 0.976 bits per heavy atom. The van der Waals surface area contributed by atoms with Crippen LogP contribution in [0.2, 0.25) is 0 Å². The lowest BCUT2D eigenvalue weighted by atomic mass is 9.96. The minimum Gasteiger partial charge on any atom is -0.496 e. The highest BCUT2D eigenvalue weighted by atomic mass is 16.5. The summed E-state index contributed by atoms with van der Waals surface area (Å²) in [5, 5.41) is 5.30. The number of methoxy groups -OCH3 is 1. The number of benzene rings is 3. The van der Waals surface area contributed by atoms with Crippen molar-refractivity contribution in [3.8, 4) is 22.8 Å². The summed E-state index contributed by atoms with van der Waals surface area (Å²) in [6.45, 7) is 10.4. The number of rotatable bonds is 7. The van der Waals surface area contributed by atoms with Crippen molar-refractivity contribution in [1.29, 1.82) is 0 Å². The molecule has 5 aromatic rings. The third kappa shape index (κ3) is 5.15. The van der Waals surface area contributed by atoms with E-state index < -0.39 is 0 Å². The molecule has 0 unspecified atom stereocenters. The van der Waals surface area contributed by atoms with Crippen molar-refractivity contribution in [3.63, 3.8) is 0 Å². The molecule has 0 saturated carbocycles. The Hall–Kier alpha value is -4.65. The van der Waals surface area contributed by atoms with Gasteiger partial charge in [-0.1, -0.05) is 26.0 Å². The summed E-state index contributed by atoms with van der Waals surface area (Å²) in [5.74, 6) is 1.55. The summed E-state index contributed by atoms with van der Waals surface area (Å²) >= 11 is 0. The standard InChI is InChI=1S/C34H37N5O2/c1-21(2)29-19-30(22(3)17-32(29)41-8)33-36-31-12-10-9-11-28(31)34(40)39(33)35-20-25-18-23(4)38(24(25)5)27-15-13-26(14-16-27)37(6)7/h9-21H,1-8H3. The molecule has 0 fully saturated rings. The van der Waals surface area contributed by atoms with Gasteiger partial charge in [-0.05, 0) is 92.4 Å². The molecule has 0 spiro atoms. The third-order valence-electron chi connectivity index (χ3n) is 7.60. The molecule has 0 amide bonds. The minimum absolute atomic E-state index is 0.212. The maximum Gasteiger partial charge on any atom is 0.282 e. The van der Waals surface area contributed by atoms with E-state index in [1.165, 1.54) is 4.68 Å². The van der Waals surface area contributed by atoms with Gasteiger partial charge < -0.3 is 14.2 Å². The topological polar surface area (TPSA) is 64.6 Å². The molecule has 2 heterocycles. The van der Waals surface area contributed by atoms with Gasteiger partial charge in [-0.2, -0.15) is 9.78 Å². The summed E-state index contributed by atoms with van der Waals surface area (Å²) in [6, 6.07) is 22.0. The van der Waals surface area contributed by atoms with E-state index in [9.17, 15) is 4.79 Å². The van der Waals surface area contributed by atoms with Crippen molar-refractivity contribution in [1.82, 2.24) is 14.2 Å². The van der Waals surface area contributed by atoms with Crippen LogP contribution in [0.5, 0.6) is 5.75 Å². The Morgan fingerprint density at radius 3 is 2.34 bits per heavy atom. The zero-order valence-electron chi connectivity index (χ0n) is 25.1. The minimum atomic E-state index is -0.212. The first kappa shape index (κ1) is 27.9. The van der Waals surface area contributed by atoms with Crippen LogP contribution in [-0.4, -0.2) is 41.6 Å². The van der Waals surface area contributed by atoms with E-state index in [1.54, 1.807) is 19.4 Å². The molecule has 0 aliphatic heterocycles. The molecule has 7 heteroatoms. The largest absolute Gasteiger partial charge is 0.496 e. The fourth-order valence-electron chi connectivity index (χ4n) is 5.31. The van der Waals surface area contributed by atoms with Gasteiger partial charge in [0.2, 0.25) is 0 Å². The van der Waals surface area contributed by atoms with Crippen LogP contribution in [0.3, 0.4) is 0 Å². The average molecular weight is 548 g/mol. The second-order valence-electron chi connectivity index (χ2n) is 11.0. The number of fused-ring (bicyclic) bond motifs is 1. The molecule has 210 valence electrons. The number of hydrogen-bond donors (Lipinski definition) is 0. The molecule has 0 atom stereocenters. The number of hydrogen-bond acceptors (Lipinski definition) is 5. The lowest BCUT2D eigenvalue weighted by Crippen LogP contribution is -2.21. The monoisotopic (exact) mass is 547 g/mol. The summed E-state index contributed by atoms with van der Waals surface area (Å²) in [6.07, 6.45) is 1.76. The molecule has 0 radical (unpaired) electrons. The van der Waals surface area contributed by atoms with E-state index in [4.69, 9.17) is 14.8 Å². The fraction of sp³-hybridized carbons (Fsp3) is 0.265. The van der Waals surface area contributed by atoms with Crippen molar-refractivity contribution < 1.29 is 4.74 Å². The smallest absolute Gasteiger partial charge is 0.282 e. The molecule has 3 aromatic carbocycles. The number of nitrogens with zero attached hydrogens (tertiary/aromatic N) is 5. The van der Waals surface area contributed by atoms with Gasteiger partial charge in [0, 0.05) is 48.0 Å². The van der Waals surface area contributed by atoms with E-state index in [0.717, 1.165) is 50.8 Å². The van der Waals surface area contributed by atoms with Crippen LogP contribution in [-0.2, 0) is 0 Å². The number of ether oxygens (including phenoxy) is 1. The first-order chi connectivity index (χ1) is 19.6. The molecule has 5 rings (SSSR count). The summed E-state index contributed by atoms with van der Waals surface area (Å²) in [7, 11) is 5.75. The lowest BCUT2D eigenvalue weighted by Gasteiger charge is -2.17. The first-order valence-electron chi connectivity index (χ1n) is 13.8. The van der Waals surface area contributed by atoms with Crippen LogP contribution in [0, 0.1) is 20.8 Å². The summed E-state index contributed by atoms with van der Waals surface area (Å²) < 4.78 is 9.30. The second kappa shape index (κ2) is 11.1. The van der Waals surface area contributed by atoms with Crippen molar-refractivity contribution in [2.24, 2.45) is 5.10 Å². The van der Waals surface area contributed by atoms with Crippen LogP contribution in [0.1, 0.15) is 47.8 Å². The van der Waals surface area contributed by atoms with Crippen molar-refractivity contribution in [2.45, 2.75) is 40.5 Å². The van der Waals surface area contributed by atoms with Gasteiger partial charge in [-0.25, -0.2) is 4.98 Å². The van der Waals surface area contributed by atoms with E-state index in [1.807, 2.05) is 45.3 Å². The van der Waals surface area contributed by atoms with E-state index >= 15 is 0 Å². The predicted molar refractivity (Wildman–Crippen MR) is 169 cm³/mol. The highest BCUT2D eigenvalue weighted by molar-refractivity contribution is 5.84. The highest BCUT2D eigenvalue weighted by Crippen LogP contribution is 2.34. The number of para-hydroxylation sites is 1. The van der Waals surface area contributed by atoms with Crippen LogP contribution in [0.4, 0.5) is 5.69 Å². The first-order valence-corrected chi connectivity index (χ1v) is 13.8. The van der Waals surface area contributed by atoms with Gasteiger partial charge in [0.25, 0.3) is 5.56 Å². The van der Waals surface area contributed by atoms with Crippen LogP contribution >= 0.6 is 0 Å². The Labute approximate surface area is 241 Å². The zero-order valence-corrected chi connectivity index (χ0v) is 25.1. The molecule has 0 saturated heterocycles. The SMILES string of the molecule is COc1cc(C)c(-c2nc3ccccc3c(=O)n2N=Cc2cc(C)n(-c3ccc(N(C)C)cc3)c2C)cc1C(C)C. The van der Waals surface area contributed by atoms with Crippen molar-refractivity contribution in [3.05, 3.63) is 105 Å². The van der Waals surface area contributed by atoms with E-state index in [0.29, 0.717) is 16.7 Å². The summed E-state index contributed by atoms with van der Waals surface area (Å²) in [5.41, 5.74) is 8.55. The number of aryl methyl sites for hydroxylation is 2. The van der Waals surface area contributed by atoms with Gasteiger partial charge in [0.05, 0.1) is 24.2 Å². The zero-order chi connectivity index (χ0) is 29.4. The molecule has 0 aliphatic carbocycles. The van der Waals surface area contributed by atoms with Gasteiger partial charge in [-0.3, -0.25) is 4.79 Å². The van der Waals surface area contributed by atoms with Crippen molar-refractivity contribution in [2.75, 3.05) is 26.1 Å². The van der Waals surface area contributed by atoms with E-state index in [-0.39, 0.29) is 11.5 Å². The molecule has 0 bridgehead atoms. The Bertz CT molecular complexity index is 1830. The Balaban J connectivity index is 1.67. The maximum absolute atomic E-state index is 13.8. The molecule has 41 heavy (non-hydrogen) atoms. The highest BCUT2D eigenvalue weighted by Gasteiger charge is 2.19. The predicted octanol–water partition coefficient (Wildman–Crippen LogP) is 6.86. The molecule has 0 N–H and O–H groups in total. The van der Waals surface area contributed by atoms with Gasteiger partial charge in [0.15, 0.2) is 5.82 Å². The van der Waals surface area contributed by atoms with Crippen LogP contribution in [0.25, 0.3) is 28.0 Å². The lowest BCUT2D eigenvalue weighted by molar-refractivity contribution is 0.407. The second-order valence-corrected chi connectivity index (χ2v) is 11.0. The van der Waals surface area contributed by atoms with Gasteiger partial charge in [-0.15, -0.1) is 0 Å². The number of anilines is 1. The molecule has 0 aliphatic rings. The fourth-order valence-corrected chi connectivity index (χ4v) is 5.31. The van der Waals surface area contributed by atoms with Crippen LogP contribution in [0.15, 0.2) is 76.6 Å².